The van der Waals surface area contributed by atoms with Crippen LogP contribution in [0.2, 0.25) is 0 Å². The Balaban J connectivity index is 0.00000264. The number of halogens is 1. The number of piperidine rings is 1. The molecular formula is C14H22ClN3O4S. The van der Waals surface area contributed by atoms with Crippen LogP contribution in [0.15, 0.2) is 23.1 Å². The van der Waals surface area contributed by atoms with Crippen LogP contribution in [0.1, 0.15) is 24.8 Å². The van der Waals surface area contributed by atoms with E-state index in [1.54, 1.807) is 6.92 Å². The average Bonchev–Trinajstić information content (AvgIpc) is 2.48. The molecule has 0 aliphatic carbocycles. The number of nitrogens with zero attached hydrogens (tertiary/aromatic N) is 2. The molecule has 1 aromatic carbocycles. The van der Waals surface area contributed by atoms with Gasteiger partial charge in [-0.25, -0.2) is 8.42 Å². The molecule has 1 heterocycles. The van der Waals surface area contributed by atoms with Gasteiger partial charge in [-0.2, -0.15) is 4.31 Å². The zero-order valence-electron chi connectivity index (χ0n) is 13.0. The van der Waals surface area contributed by atoms with Crippen LogP contribution in [0.4, 0.5) is 5.69 Å². The van der Waals surface area contributed by atoms with Crippen LogP contribution in [0.25, 0.3) is 0 Å². The summed E-state index contributed by atoms with van der Waals surface area (Å²) in [4.78, 5) is 10.4. The minimum atomic E-state index is -3.70. The van der Waals surface area contributed by atoms with Gasteiger partial charge >= 0.3 is 0 Å². The number of nitrogens with two attached hydrogens (primary N) is 1. The molecule has 1 unspecified atom stereocenters. The van der Waals surface area contributed by atoms with Crippen molar-refractivity contribution in [3.05, 3.63) is 33.9 Å². The highest BCUT2D eigenvalue weighted by atomic mass is 35.5. The molecule has 0 spiro atoms. The molecule has 2 N–H and O–H groups in total. The molecule has 23 heavy (non-hydrogen) atoms. The van der Waals surface area contributed by atoms with Gasteiger partial charge in [-0.15, -0.1) is 12.4 Å². The lowest BCUT2D eigenvalue weighted by Crippen LogP contribution is -2.40. The highest BCUT2D eigenvalue weighted by Gasteiger charge is 2.31. The largest absolute Gasteiger partial charge is 0.330 e. The van der Waals surface area contributed by atoms with Gasteiger partial charge < -0.3 is 5.73 Å². The maximum atomic E-state index is 12.7. The molecule has 1 aromatic rings. The van der Waals surface area contributed by atoms with E-state index in [0.29, 0.717) is 25.2 Å². The summed E-state index contributed by atoms with van der Waals surface area (Å²) in [7, 11) is -3.70. The third-order valence-electron chi connectivity index (χ3n) is 4.07. The molecule has 130 valence electrons. The van der Waals surface area contributed by atoms with Gasteiger partial charge in [0.2, 0.25) is 10.0 Å². The van der Waals surface area contributed by atoms with Crippen molar-refractivity contribution in [1.82, 2.24) is 4.31 Å². The first-order valence-corrected chi connectivity index (χ1v) is 8.75. The van der Waals surface area contributed by atoms with E-state index < -0.39 is 14.9 Å². The summed E-state index contributed by atoms with van der Waals surface area (Å²) >= 11 is 0. The number of aryl methyl sites for hydroxylation is 1. The van der Waals surface area contributed by atoms with Crippen molar-refractivity contribution in [2.45, 2.75) is 31.1 Å². The molecule has 1 fully saturated rings. The molecule has 0 radical (unpaired) electrons. The molecule has 0 aromatic heterocycles. The third kappa shape index (κ3) is 4.41. The second-order valence-corrected chi connectivity index (χ2v) is 7.59. The fraction of sp³-hybridized carbons (Fsp3) is 0.571. The van der Waals surface area contributed by atoms with Gasteiger partial charge in [0.1, 0.15) is 0 Å². The summed E-state index contributed by atoms with van der Waals surface area (Å²) in [6.07, 6.45) is 2.55. The predicted molar refractivity (Wildman–Crippen MR) is 90.2 cm³/mol. The van der Waals surface area contributed by atoms with Crippen molar-refractivity contribution in [1.29, 1.82) is 0 Å². The Morgan fingerprint density at radius 2 is 2.13 bits per heavy atom. The molecule has 0 bridgehead atoms. The normalized spacial score (nSPS) is 19.1. The summed E-state index contributed by atoms with van der Waals surface area (Å²) < 4.78 is 26.8. The number of hydrogen-bond acceptors (Lipinski definition) is 5. The van der Waals surface area contributed by atoms with Crippen LogP contribution >= 0.6 is 12.4 Å². The minimum Gasteiger partial charge on any atom is -0.330 e. The Labute approximate surface area is 142 Å². The first kappa shape index (κ1) is 19.8. The van der Waals surface area contributed by atoms with Crippen molar-refractivity contribution < 1.29 is 13.3 Å². The molecule has 1 aliphatic heterocycles. The number of nitro groups is 1. The van der Waals surface area contributed by atoms with E-state index >= 15 is 0 Å². The zero-order valence-corrected chi connectivity index (χ0v) is 14.6. The lowest BCUT2D eigenvalue weighted by atomic mass is 9.96. The number of hydrogen-bond donors (Lipinski definition) is 1. The standard InChI is InChI=1S/C14H21N3O4S.ClH/c1-11-4-5-13(9-14(11)17(18)19)22(20,21)16-8-2-3-12(10-16)6-7-15;/h4-5,9,12H,2-3,6-8,10,15H2,1H3;1H. The van der Waals surface area contributed by atoms with Crippen LogP contribution in [-0.4, -0.2) is 37.3 Å². The Bertz CT molecular complexity index is 664. The fourth-order valence-corrected chi connectivity index (χ4v) is 4.39. The Hall–Kier alpha value is -1.22. The summed E-state index contributed by atoms with van der Waals surface area (Å²) in [6.45, 7) is 3.01. The molecule has 2 rings (SSSR count). The van der Waals surface area contributed by atoms with E-state index in [2.05, 4.69) is 0 Å². The Morgan fingerprint density at radius 1 is 1.43 bits per heavy atom. The SMILES string of the molecule is Cc1ccc(S(=O)(=O)N2CCCC(CCN)C2)cc1[N+](=O)[O-].Cl. The first-order valence-electron chi connectivity index (χ1n) is 7.31. The quantitative estimate of drug-likeness (QED) is 0.636. The molecule has 0 saturated carbocycles. The lowest BCUT2D eigenvalue weighted by Gasteiger charge is -2.31. The fourth-order valence-electron chi connectivity index (χ4n) is 2.81. The minimum absolute atomic E-state index is 0. The van der Waals surface area contributed by atoms with Crippen LogP contribution < -0.4 is 5.73 Å². The molecule has 1 atom stereocenters. The van der Waals surface area contributed by atoms with Crippen molar-refractivity contribution >= 4 is 28.1 Å². The van der Waals surface area contributed by atoms with E-state index in [9.17, 15) is 18.5 Å². The summed E-state index contributed by atoms with van der Waals surface area (Å²) in [5, 5.41) is 11.0. The van der Waals surface area contributed by atoms with E-state index in [4.69, 9.17) is 5.73 Å². The van der Waals surface area contributed by atoms with Crippen molar-refractivity contribution in [2.75, 3.05) is 19.6 Å². The van der Waals surface area contributed by atoms with Crippen LogP contribution in [0, 0.1) is 23.0 Å². The molecule has 0 amide bonds. The van der Waals surface area contributed by atoms with Gasteiger partial charge in [-0.3, -0.25) is 10.1 Å². The molecule has 1 aliphatic rings. The van der Waals surface area contributed by atoms with E-state index in [0.717, 1.165) is 25.3 Å². The van der Waals surface area contributed by atoms with E-state index in [1.165, 1.54) is 16.4 Å². The Morgan fingerprint density at radius 3 is 2.74 bits per heavy atom. The van der Waals surface area contributed by atoms with Crippen molar-refractivity contribution in [3.63, 3.8) is 0 Å². The second-order valence-electron chi connectivity index (χ2n) is 5.65. The van der Waals surface area contributed by atoms with Gasteiger partial charge in [0.15, 0.2) is 0 Å². The number of rotatable bonds is 5. The maximum Gasteiger partial charge on any atom is 0.273 e. The Kier molecular flexibility index (Phi) is 6.94. The van der Waals surface area contributed by atoms with Crippen molar-refractivity contribution in [3.8, 4) is 0 Å². The van der Waals surface area contributed by atoms with Crippen LogP contribution in [0.5, 0.6) is 0 Å². The van der Waals surface area contributed by atoms with E-state index in [-0.39, 0.29) is 28.9 Å². The summed E-state index contributed by atoms with van der Waals surface area (Å²) in [6, 6.07) is 4.06. The topological polar surface area (TPSA) is 107 Å². The van der Waals surface area contributed by atoms with Gasteiger partial charge in [0.25, 0.3) is 5.69 Å². The van der Waals surface area contributed by atoms with Crippen molar-refractivity contribution in [2.24, 2.45) is 11.7 Å². The highest BCUT2D eigenvalue weighted by molar-refractivity contribution is 7.89. The lowest BCUT2D eigenvalue weighted by molar-refractivity contribution is -0.385. The molecule has 9 heteroatoms. The zero-order chi connectivity index (χ0) is 16.3. The maximum absolute atomic E-state index is 12.7. The van der Waals surface area contributed by atoms with Gasteiger partial charge in [0.05, 0.1) is 9.82 Å². The summed E-state index contributed by atoms with van der Waals surface area (Å²) in [5.74, 6) is 0.258. The van der Waals surface area contributed by atoms with Crippen LogP contribution in [-0.2, 0) is 10.0 Å². The molecule has 7 nitrogen and oxygen atoms in total. The highest BCUT2D eigenvalue weighted by Crippen LogP contribution is 2.28. The van der Waals surface area contributed by atoms with Crippen LogP contribution in [0.3, 0.4) is 0 Å². The van der Waals surface area contributed by atoms with Gasteiger partial charge in [0, 0.05) is 24.7 Å². The second kappa shape index (κ2) is 8.05. The smallest absolute Gasteiger partial charge is 0.273 e. The van der Waals surface area contributed by atoms with Gasteiger partial charge in [-0.05, 0) is 44.7 Å². The monoisotopic (exact) mass is 363 g/mol. The predicted octanol–water partition coefficient (Wildman–Crippen LogP) is 2.07. The third-order valence-corrected chi connectivity index (χ3v) is 5.93. The molecule has 1 saturated heterocycles. The number of sulfonamides is 1. The summed E-state index contributed by atoms with van der Waals surface area (Å²) in [5.41, 5.74) is 5.83. The number of nitro benzene ring substituents is 1. The van der Waals surface area contributed by atoms with Gasteiger partial charge in [-0.1, -0.05) is 6.07 Å². The first-order chi connectivity index (χ1) is 10.4. The van der Waals surface area contributed by atoms with E-state index in [1.807, 2.05) is 0 Å². The number of benzene rings is 1. The molecular weight excluding hydrogens is 342 g/mol. The average molecular weight is 364 g/mol.